The molecule has 0 spiro atoms. The summed E-state index contributed by atoms with van der Waals surface area (Å²) in [4.78, 5) is 10.1. The van der Waals surface area contributed by atoms with Crippen LogP contribution in [0.3, 0.4) is 0 Å². The number of nitrogens with zero attached hydrogens (tertiary/aromatic N) is 3. The average molecular weight is 163 g/mol. The van der Waals surface area contributed by atoms with Crippen LogP contribution in [0.5, 0.6) is 0 Å². The zero-order valence-corrected chi connectivity index (χ0v) is 7.65. The minimum atomic E-state index is 0.745. The van der Waals surface area contributed by atoms with E-state index in [-0.39, 0.29) is 0 Å². The Hall–Kier alpha value is -1.38. The molecule has 0 unspecified atom stereocenters. The largest absolute Gasteiger partial charge is 0.369 e. The smallest absolute Gasteiger partial charge is 0.153 e. The van der Waals surface area contributed by atoms with Gasteiger partial charge in [-0.15, -0.1) is 0 Å². The number of aryl methyl sites for hydroxylation is 1. The second-order valence-electron chi connectivity index (χ2n) is 2.90. The van der Waals surface area contributed by atoms with Crippen molar-refractivity contribution in [2.24, 2.45) is 4.99 Å². The predicted molar refractivity (Wildman–Crippen MR) is 50.8 cm³/mol. The molecule has 3 nitrogen and oxygen atoms in total. The highest BCUT2D eigenvalue weighted by atomic mass is 15.1. The lowest BCUT2D eigenvalue weighted by Crippen LogP contribution is -2.07. The van der Waals surface area contributed by atoms with Crippen LogP contribution in [0.25, 0.3) is 0 Å². The lowest BCUT2D eigenvalue weighted by molar-refractivity contribution is 0.643. The molecule has 1 rings (SSSR count). The highest BCUT2D eigenvalue weighted by Crippen LogP contribution is 2.06. The normalized spacial score (nSPS) is 10.6. The molecule has 0 bridgehead atoms. The van der Waals surface area contributed by atoms with E-state index in [1.54, 1.807) is 6.34 Å². The first-order valence-electron chi connectivity index (χ1n) is 3.82. The zero-order valence-electron chi connectivity index (χ0n) is 7.65. The van der Waals surface area contributed by atoms with E-state index in [9.17, 15) is 0 Å². The second kappa shape index (κ2) is 3.85. The maximum Gasteiger partial charge on any atom is 0.153 e. The van der Waals surface area contributed by atoms with Crippen LogP contribution in [-0.4, -0.2) is 30.3 Å². The molecule has 0 N–H and O–H groups in total. The van der Waals surface area contributed by atoms with Crippen LogP contribution in [0.4, 0.5) is 5.82 Å². The standard InChI is InChI=1S/C9H13N3/c1-8-4-5-9(10-6-8)11-7-12(2)3/h4-7H,1-3H3. The van der Waals surface area contributed by atoms with Gasteiger partial charge in [-0.05, 0) is 18.6 Å². The third-order valence-corrected chi connectivity index (χ3v) is 1.32. The molecule has 0 amide bonds. The average Bonchev–Trinajstić information content (AvgIpc) is 2.03. The molecule has 3 heteroatoms. The molecule has 0 fully saturated rings. The number of aliphatic imine (C=N–C) groups is 1. The molecule has 0 aromatic carbocycles. The van der Waals surface area contributed by atoms with Crippen molar-refractivity contribution >= 4 is 12.2 Å². The van der Waals surface area contributed by atoms with Crippen LogP contribution < -0.4 is 0 Å². The minimum Gasteiger partial charge on any atom is -0.369 e. The number of hydrogen-bond donors (Lipinski definition) is 0. The second-order valence-corrected chi connectivity index (χ2v) is 2.90. The van der Waals surface area contributed by atoms with Gasteiger partial charge in [0.15, 0.2) is 5.82 Å². The molecule has 64 valence electrons. The summed E-state index contributed by atoms with van der Waals surface area (Å²) in [5.41, 5.74) is 1.15. The highest BCUT2D eigenvalue weighted by Gasteiger charge is 1.87. The fourth-order valence-electron chi connectivity index (χ4n) is 0.711. The van der Waals surface area contributed by atoms with Gasteiger partial charge in [0.25, 0.3) is 0 Å². The topological polar surface area (TPSA) is 28.5 Å². The monoisotopic (exact) mass is 163 g/mol. The van der Waals surface area contributed by atoms with Crippen molar-refractivity contribution in [2.75, 3.05) is 14.1 Å². The molecule has 1 aromatic rings. The van der Waals surface area contributed by atoms with Crippen molar-refractivity contribution < 1.29 is 0 Å². The molecular weight excluding hydrogens is 150 g/mol. The Kier molecular flexibility index (Phi) is 2.80. The third kappa shape index (κ3) is 2.70. The molecule has 1 aromatic heterocycles. The Bertz CT molecular complexity index is 262. The third-order valence-electron chi connectivity index (χ3n) is 1.32. The van der Waals surface area contributed by atoms with E-state index in [2.05, 4.69) is 9.98 Å². The van der Waals surface area contributed by atoms with E-state index in [0.717, 1.165) is 11.4 Å². The van der Waals surface area contributed by atoms with Crippen LogP contribution in [0.15, 0.2) is 23.3 Å². The molecule has 12 heavy (non-hydrogen) atoms. The van der Waals surface area contributed by atoms with Crippen LogP contribution in [-0.2, 0) is 0 Å². The first kappa shape index (κ1) is 8.71. The van der Waals surface area contributed by atoms with Crippen LogP contribution in [0, 0.1) is 6.92 Å². The Labute approximate surface area is 72.8 Å². The molecule has 0 aliphatic carbocycles. The van der Waals surface area contributed by atoms with Gasteiger partial charge < -0.3 is 4.90 Å². The quantitative estimate of drug-likeness (QED) is 0.489. The Morgan fingerprint density at radius 1 is 1.42 bits per heavy atom. The number of aromatic nitrogens is 1. The van der Waals surface area contributed by atoms with Gasteiger partial charge in [-0.1, -0.05) is 6.07 Å². The summed E-state index contributed by atoms with van der Waals surface area (Å²) in [5, 5.41) is 0. The molecule has 0 aliphatic heterocycles. The van der Waals surface area contributed by atoms with Gasteiger partial charge in [0.1, 0.15) is 0 Å². The van der Waals surface area contributed by atoms with Gasteiger partial charge in [0, 0.05) is 20.3 Å². The van der Waals surface area contributed by atoms with E-state index >= 15 is 0 Å². The van der Waals surface area contributed by atoms with Crippen molar-refractivity contribution in [3.8, 4) is 0 Å². The summed E-state index contributed by atoms with van der Waals surface area (Å²) in [6, 6.07) is 3.89. The van der Waals surface area contributed by atoms with Gasteiger partial charge >= 0.3 is 0 Å². The summed E-state index contributed by atoms with van der Waals surface area (Å²) in [6.45, 7) is 2.01. The van der Waals surface area contributed by atoms with E-state index in [1.807, 2.05) is 44.2 Å². The molecule has 0 saturated carbocycles. The van der Waals surface area contributed by atoms with Crippen molar-refractivity contribution in [3.63, 3.8) is 0 Å². The first-order valence-corrected chi connectivity index (χ1v) is 3.82. The van der Waals surface area contributed by atoms with Crippen molar-refractivity contribution in [2.45, 2.75) is 6.92 Å². The maximum atomic E-state index is 4.14. The Morgan fingerprint density at radius 3 is 2.67 bits per heavy atom. The van der Waals surface area contributed by atoms with E-state index in [0.29, 0.717) is 0 Å². The van der Waals surface area contributed by atoms with E-state index in [4.69, 9.17) is 0 Å². The summed E-state index contributed by atoms with van der Waals surface area (Å²) in [5.74, 6) is 0.745. The minimum absolute atomic E-state index is 0.745. The van der Waals surface area contributed by atoms with Gasteiger partial charge in [-0.25, -0.2) is 9.98 Å². The van der Waals surface area contributed by atoms with Crippen molar-refractivity contribution in [1.82, 2.24) is 9.88 Å². The molecular formula is C9H13N3. The maximum absolute atomic E-state index is 4.14. The first-order chi connectivity index (χ1) is 5.68. The summed E-state index contributed by atoms with van der Waals surface area (Å²) in [6.07, 6.45) is 3.54. The number of pyridine rings is 1. The van der Waals surface area contributed by atoms with Gasteiger partial charge in [-0.2, -0.15) is 0 Å². The van der Waals surface area contributed by atoms with Gasteiger partial charge in [0.05, 0.1) is 6.34 Å². The highest BCUT2D eigenvalue weighted by molar-refractivity contribution is 5.58. The number of rotatable bonds is 2. The lowest BCUT2D eigenvalue weighted by atomic mass is 10.3. The number of hydrogen-bond acceptors (Lipinski definition) is 2. The molecule has 0 atom stereocenters. The molecule has 0 aliphatic rings. The fraction of sp³-hybridized carbons (Fsp3) is 0.333. The Balaban J connectivity index is 2.71. The summed E-state index contributed by atoms with van der Waals surface area (Å²) in [7, 11) is 3.86. The zero-order chi connectivity index (χ0) is 8.97. The van der Waals surface area contributed by atoms with E-state index < -0.39 is 0 Å². The fourth-order valence-corrected chi connectivity index (χ4v) is 0.711. The van der Waals surface area contributed by atoms with Crippen LogP contribution in [0.2, 0.25) is 0 Å². The predicted octanol–water partition coefficient (Wildman–Crippen LogP) is 1.61. The van der Waals surface area contributed by atoms with Gasteiger partial charge in [-0.3, -0.25) is 0 Å². The Morgan fingerprint density at radius 2 is 2.17 bits per heavy atom. The van der Waals surface area contributed by atoms with Crippen molar-refractivity contribution in [3.05, 3.63) is 23.9 Å². The summed E-state index contributed by atoms with van der Waals surface area (Å²) < 4.78 is 0. The SMILES string of the molecule is Cc1ccc(N=CN(C)C)nc1. The van der Waals surface area contributed by atoms with Crippen molar-refractivity contribution in [1.29, 1.82) is 0 Å². The lowest BCUT2D eigenvalue weighted by Gasteiger charge is -2.01. The molecule has 0 saturated heterocycles. The summed E-state index contributed by atoms with van der Waals surface area (Å²) >= 11 is 0. The van der Waals surface area contributed by atoms with Crippen LogP contribution in [0.1, 0.15) is 5.56 Å². The van der Waals surface area contributed by atoms with Crippen LogP contribution >= 0.6 is 0 Å². The molecule has 1 heterocycles. The molecule has 0 radical (unpaired) electrons. The van der Waals surface area contributed by atoms with E-state index in [1.165, 1.54) is 0 Å². The van der Waals surface area contributed by atoms with Gasteiger partial charge in [0.2, 0.25) is 0 Å².